The smallest absolute Gasteiger partial charge is 0.0236 e. The van der Waals surface area contributed by atoms with Crippen LogP contribution < -0.4 is 5.32 Å². The molecule has 2 nitrogen and oxygen atoms in total. The van der Waals surface area contributed by atoms with Gasteiger partial charge in [0.05, 0.1) is 0 Å². The lowest BCUT2D eigenvalue weighted by Crippen LogP contribution is -2.33. The monoisotopic (exact) mass is 276 g/mol. The third-order valence-corrected chi connectivity index (χ3v) is 3.49. The molecule has 1 N–H and O–H groups in total. The zero-order chi connectivity index (χ0) is 15.0. The molecule has 0 saturated heterocycles. The number of hydrogen-bond donors (Lipinski definition) is 1. The van der Waals surface area contributed by atoms with Gasteiger partial charge in [-0.05, 0) is 43.9 Å². The summed E-state index contributed by atoms with van der Waals surface area (Å²) >= 11 is 0. The largest absolute Gasteiger partial charge is 0.313 e. The van der Waals surface area contributed by atoms with Crippen molar-refractivity contribution in [3.63, 3.8) is 0 Å². The minimum Gasteiger partial charge on any atom is -0.313 e. The summed E-state index contributed by atoms with van der Waals surface area (Å²) in [5.74, 6) is 0.718. The molecule has 114 valence electrons. The van der Waals surface area contributed by atoms with Crippen molar-refractivity contribution in [1.82, 2.24) is 10.2 Å². The van der Waals surface area contributed by atoms with Crippen LogP contribution >= 0.6 is 0 Å². The summed E-state index contributed by atoms with van der Waals surface area (Å²) in [5, 5.41) is 3.45. The fraction of sp³-hybridized carbons (Fsp3) is 0.667. The van der Waals surface area contributed by atoms with Crippen LogP contribution in [0.4, 0.5) is 0 Å². The normalized spacial score (nSPS) is 11.8. The van der Waals surface area contributed by atoms with E-state index in [9.17, 15) is 0 Å². The first-order chi connectivity index (χ1) is 9.52. The quantitative estimate of drug-likeness (QED) is 0.684. The van der Waals surface area contributed by atoms with Gasteiger partial charge in [0.1, 0.15) is 0 Å². The molecule has 0 heterocycles. The summed E-state index contributed by atoms with van der Waals surface area (Å²) in [6.07, 6.45) is 1.19. The van der Waals surface area contributed by atoms with Crippen LogP contribution in [0, 0.1) is 5.92 Å². The van der Waals surface area contributed by atoms with Crippen molar-refractivity contribution in [3.05, 3.63) is 35.4 Å². The fourth-order valence-corrected chi connectivity index (χ4v) is 2.33. The Kier molecular flexibility index (Phi) is 7.86. The molecule has 0 bridgehead atoms. The average molecular weight is 276 g/mol. The minimum absolute atomic E-state index is 0.600. The number of nitrogens with one attached hydrogen (secondary N) is 1. The van der Waals surface area contributed by atoms with E-state index in [0.29, 0.717) is 6.04 Å². The Morgan fingerprint density at radius 3 is 2.10 bits per heavy atom. The second-order valence-corrected chi connectivity index (χ2v) is 6.41. The van der Waals surface area contributed by atoms with Crippen LogP contribution in [0.1, 0.15) is 52.2 Å². The topological polar surface area (TPSA) is 15.3 Å². The van der Waals surface area contributed by atoms with Crippen molar-refractivity contribution >= 4 is 0 Å². The Morgan fingerprint density at radius 1 is 1.00 bits per heavy atom. The molecule has 0 unspecified atom stereocenters. The van der Waals surface area contributed by atoms with Crippen LogP contribution in [-0.2, 0) is 13.1 Å². The summed E-state index contributed by atoms with van der Waals surface area (Å²) in [6.45, 7) is 15.6. The molecule has 0 aliphatic heterocycles. The second-order valence-electron chi connectivity index (χ2n) is 6.41. The maximum atomic E-state index is 3.45. The van der Waals surface area contributed by atoms with E-state index in [1.165, 1.54) is 17.5 Å². The van der Waals surface area contributed by atoms with E-state index in [4.69, 9.17) is 0 Å². The third kappa shape index (κ3) is 6.53. The minimum atomic E-state index is 0.600. The highest BCUT2D eigenvalue weighted by atomic mass is 15.1. The number of benzene rings is 1. The zero-order valence-electron chi connectivity index (χ0n) is 13.9. The van der Waals surface area contributed by atoms with Crippen LogP contribution in [-0.4, -0.2) is 24.0 Å². The molecule has 0 radical (unpaired) electrons. The fourth-order valence-electron chi connectivity index (χ4n) is 2.33. The van der Waals surface area contributed by atoms with Gasteiger partial charge >= 0.3 is 0 Å². The lowest BCUT2D eigenvalue weighted by atomic mass is 10.1. The standard InChI is InChI=1S/C18H32N2/c1-6-11-19-12-17-7-9-18(10-8-17)14-20(16(4)5)13-15(2)3/h7-10,15-16,19H,6,11-14H2,1-5H3. The molecule has 0 atom stereocenters. The average Bonchev–Trinajstić information content (AvgIpc) is 2.39. The molecular formula is C18H32N2. The number of nitrogens with zero attached hydrogens (tertiary/aromatic N) is 1. The Balaban J connectivity index is 2.54. The summed E-state index contributed by atoms with van der Waals surface area (Å²) in [5.41, 5.74) is 2.79. The van der Waals surface area contributed by atoms with Crippen molar-refractivity contribution in [2.24, 2.45) is 5.92 Å². The molecule has 0 spiro atoms. The van der Waals surface area contributed by atoms with E-state index in [1.54, 1.807) is 0 Å². The van der Waals surface area contributed by atoms with Crippen LogP contribution in [0.25, 0.3) is 0 Å². The van der Waals surface area contributed by atoms with Crippen molar-refractivity contribution in [3.8, 4) is 0 Å². The number of hydrogen-bond acceptors (Lipinski definition) is 2. The highest BCUT2D eigenvalue weighted by Gasteiger charge is 2.11. The van der Waals surface area contributed by atoms with E-state index in [2.05, 4.69) is 69.1 Å². The van der Waals surface area contributed by atoms with Gasteiger partial charge in [-0.2, -0.15) is 0 Å². The first-order valence-corrected chi connectivity index (χ1v) is 8.05. The van der Waals surface area contributed by atoms with Gasteiger partial charge < -0.3 is 5.32 Å². The Bertz CT molecular complexity index is 354. The summed E-state index contributed by atoms with van der Waals surface area (Å²) in [4.78, 5) is 2.55. The molecule has 0 aromatic heterocycles. The molecule has 1 rings (SSSR count). The molecule has 0 saturated carbocycles. The molecule has 0 amide bonds. The maximum absolute atomic E-state index is 3.45. The number of rotatable bonds is 9. The Labute approximate surface area is 125 Å². The predicted octanol–water partition coefficient (Wildman–Crippen LogP) is 4.05. The van der Waals surface area contributed by atoms with Gasteiger partial charge in [0, 0.05) is 25.7 Å². The zero-order valence-corrected chi connectivity index (χ0v) is 13.9. The second kappa shape index (κ2) is 9.15. The van der Waals surface area contributed by atoms with Gasteiger partial charge in [0.15, 0.2) is 0 Å². The van der Waals surface area contributed by atoms with E-state index in [0.717, 1.165) is 32.1 Å². The SMILES string of the molecule is CCCNCc1ccc(CN(CC(C)C)C(C)C)cc1. The predicted molar refractivity (Wildman–Crippen MR) is 88.8 cm³/mol. The highest BCUT2D eigenvalue weighted by molar-refractivity contribution is 5.22. The Morgan fingerprint density at radius 2 is 1.60 bits per heavy atom. The van der Waals surface area contributed by atoms with Crippen molar-refractivity contribution in [1.29, 1.82) is 0 Å². The van der Waals surface area contributed by atoms with Gasteiger partial charge in [-0.1, -0.05) is 45.0 Å². The summed E-state index contributed by atoms with van der Waals surface area (Å²) < 4.78 is 0. The first kappa shape index (κ1) is 17.2. The van der Waals surface area contributed by atoms with E-state index >= 15 is 0 Å². The highest BCUT2D eigenvalue weighted by Crippen LogP contribution is 2.12. The van der Waals surface area contributed by atoms with E-state index in [-0.39, 0.29) is 0 Å². The lowest BCUT2D eigenvalue weighted by Gasteiger charge is -2.28. The molecule has 0 aliphatic rings. The molecule has 2 heteroatoms. The van der Waals surface area contributed by atoms with Crippen LogP contribution in [0.5, 0.6) is 0 Å². The van der Waals surface area contributed by atoms with Gasteiger partial charge in [-0.15, -0.1) is 0 Å². The van der Waals surface area contributed by atoms with Gasteiger partial charge in [0.25, 0.3) is 0 Å². The first-order valence-electron chi connectivity index (χ1n) is 8.05. The lowest BCUT2D eigenvalue weighted by molar-refractivity contribution is 0.189. The maximum Gasteiger partial charge on any atom is 0.0236 e. The summed E-state index contributed by atoms with van der Waals surface area (Å²) in [6, 6.07) is 9.66. The van der Waals surface area contributed by atoms with E-state index < -0.39 is 0 Å². The van der Waals surface area contributed by atoms with Gasteiger partial charge in [-0.3, -0.25) is 4.90 Å². The van der Waals surface area contributed by atoms with Crippen molar-refractivity contribution in [2.45, 2.75) is 60.2 Å². The molecule has 0 aliphatic carbocycles. The molecule has 0 fully saturated rings. The van der Waals surface area contributed by atoms with Crippen LogP contribution in [0.3, 0.4) is 0 Å². The van der Waals surface area contributed by atoms with E-state index in [1.807, 2.05) is 0 Å². The molecule has 20 heavy (non-hydrogen) atoms. The van der Waals surface area contributed by atoms with Crippen LogP contribution in [0.2, 0.25) is 0 Å². The van der Waals surface area contributed by atoms with Gasteiger partial charge in [0.2, 0.25) is 0 Å². The molecular weight excluding hydrogens is 244 g/mol. The van der Waals surface area contributed by atoms with Crippen molar-refractivity contribution < 1.29 is 0 Å². The van der Waals surface area contributed by atoms with Gasteiger partial charge in [-0.25, -0.2) is 0 Å². The van der Waals surface area contributed by atoms with Crippen molar-refractivity contribution in [2.75, 3.05) is 13.1 Å². The summed E-state index contributed by atoms with van der Waals surface area (Å²) in [7, 11) is 0. The molecule has 1 aromatic carbocycles. The third-order valence-electron chi connectivity index (χ3n) is 3.49. The molecule has 1 aromatic rings. The van der Waals surface area contributed by atoms with Crippen LogP contribution in [0.15, 0.2) is 24.3 Å². The Hall–Kier alpha value is -0.860.